The van der Waals surface area contributed by atoms with E-state index in [4.69, 9.17) is 9.47 Å². The zero-order chi connectivity index (χ0) is 29.3. The quantitative estimate of drug-likeness (QED) is 0.156. The van der Waals surface area contributed by atoms with E-state index < -0.39 is 21.8 Å². The molecule has 0 bridgehead atoms. The van der Waals surface area contributed by atoms with Gasteiger partial charge in [-0.05, 0) is 0 Å². The summed E-state index contributed by atoms with van der Waals surface area (Å²) >= 11 is -2.98. The second kappa shape index (κ2) is 8.61. The normalized spacial score (nSPS) is 14.5. The van der Waals surface area contributed by atoms with Gasteiger partial charge in [-0.1, -0.05) is 0 Å². The van der Waals surface area contributed by atoms with E-state index in [9.17, 15) is 0 Å². The number of anilines is 3. The van der Waals surface area contributed by atoms with Crippen LogP contribution in [-0.2, 0) is 5.41 Å². The van der Waals surface area contributed by atoms with Gasteiger partial charge in [0, 0.05) is 0 Å². The van der Waals surface area contributed by atoms with Gasteiger partial charge in [-0.2, -0.15) is 0 Å². The van der Waals surface area contributed by atoms with Crippen molar-refractivity contribution in [3.63, 3.8) is 0 Å². The average Bonchev–Trinajstić information content (AvgIpc) is 3.04. The topological polar surface area (TPSA) is 21.7 Å². The van der Waals surface area contributed by atoms with Crippen LogP contribution in [0.2, 0.25) is 0 Å². The van der Waals surface area contributed by atoms with E-state index in [1.807, 2.05) is 0 Å². The van der Waals surface area contributed by atoms with Crippen molar-refractivity contribution in [1.82, 2.24) is 0 Å². The molecule has 210 valence electrons. The molecule has 3 aliphatic rings. The van der Waals surface area contributed by atoms with Gasteiger partial charge in [-0.3, -0.25) is 0 Å². The molecular weight excluding hydrogens is 735 g/mol. The van der Waals surface area contributed by atoms with Crippen molar-refractivity contribution in [2.24, 2.45) is 0 Å². The second-order valence-electron chi connectivity index (χ2n) is 13.0. The third-order valence-corrected chi connectivity index (χ3v) is 19.6. The first-order valence-corrected chi connectivity index (χ1v) is 20.4. The van der Waals surface area contributed by atoms with Gasteiger partial charge < -0.3 is 0 Å². The van der Waals surface area contributed by atoms with Gasteiger partial charge in [0.15, 0.2) is 0 Å². The van der Waals surface area contributed by atoms with E-state index in [-0.39, 0.29) is 5.41 Å². The van der Waals surface area contributed by atoms with Crippen LogP contribution in [0.5, 0.6) is 23.0 Å². The first-order valence-electron chi connectivity index (χ1n) is 15.2. The Hall–Kier alpha value is -4.40. The Labute approximate surface area is 263 Å². The standard InChI is InChI=1S/C40H28NO2.Bi/c1-40(2,3)29-16-18-30(19-17-29)41-31-20-26-10-4-7-13-34(26)37(23-31)42-33-22-28-12-6-9-15-36(28)39(25-33)43-38-24-32(41)21-27-11-5-8-14-35(27)38;/h4-22H,1-3H3;. The van der Waals surface area contributed by atoms with Gasteiger partial charge in [0.1, 0.15) is 0 Å². The van der Waals surface area contributed by atoms with Crippen molar-refractivity contribution < 1.29 is 9.47 Å². The zero-order valence-electron chi connectivity index (χ0n) is 24.7. The molecule has 3 nitrogen and oxygen atoms in total. The van der Waals surface area contributed by atoms with Crippen LogP contribution in [0, 0.1) is 0 Å². The van der Waals surface area contributed by atoms with Crippen LogP contribution in [0.4, 0.5) is 17.1 Å². The van der Waals surface area contributed by atoms with E-state index >= 15 is 0 Å². The van der Waals surface area contributed by atoms with E-state index in [2.05, 4.69) is 141 Å². The number of ether oxygens (including phenoxy) is 2. The number of benzene rings is 7. The summed E-state index contributed by atoms with van der Waals surface area (Å²) in [6, 6.07) is 42.2. The van der Waals surface area contributed by atoms with Gasteiger partial charge in [0.25, 0.3) is 0 Å². The molecule has 0 saturated carbocycles. The SMILES string of the molecule is CC(C)(C)c1ccc(N2c3cc4ccccc4c4[c]3[Bi]3[c]5c(cc6ccccc6c5Oc5[c]3c2cc2ccccc52)O4)cc1. The van der Waals surface area contributed by atoms with Crippen LogP contribution in [-0.4, -0.2) is 21.8 Å². The monoisotopic (exact) mass is 763 g/mol. The third kappa shape index (κ3) is 3.24. The van der Waals surface area contributed by atoms with Gasteiger partial charge in [0.2, 0.25) is 0 Å². The number of rotatable bonds is 1. The molecule has 0 atom stereocenters. The molecule has 44 heavy (non-hydrogen) atoms. The molecule has 4 heteroatoms. The Bertz CT molecular complexity index is 2370. The molecule has 3 heterocycles. The maximum atomic E-state index is 7.16. The molecule has 0 fully saturated rings. The van der Waals surface area contributed by atoms with Gasteiger partial charge >= 0.3 is 265 Å². The fourth-order valence-corrected chi connectivity index (χ4v) is 18.6. The molecule has 0 saturated heterocycles. The minimum absolute atomic E-state index is 0.0798. The van der Waals surface area contributed by atoms with E-state index in [0.717, 1.165) is 39.5 Å². The minimum atomic E-state index is -2.98. The first-order chi connectivity index (χ1) is 21.5. The number of hydrogen-bond donors (Lipinski definition) is 0. The first kappa shape index (κ1) is 25.0. The van der Waals surface area contributed by atoms with Crippen LogP contribution >= 0.6 is 0 Å². The molecule has 0 unspecified atom stereocenters. The molecule has 0 aliphatic carbocycles. The van der Waals surface area contributed by atoms with Crippen molar-refractivity contribution in [3.8, 4) is 23.0 Å². The predicted octanol–water partition coefficient (Wildman–Crippen LogP) is 8.95. The van der Waals surface area contributed by atoms with Crippen molar-refractivity contribution in [2.75, 3.05) is 4.90 Å². The maximum absolute atomic E-state index is 7.16. The van der Waals surface area contributed by atoms with Crippen molar-refractivity contribution in [1.29, 1.82) is 0 Å². The Balaban J connectivity index is 1.37. The van der Waals surface area contributed by atoms with Crippen molar-refractivity contribution >= 4 is 80.9 Å². The summed E-state index contributed by atoms with van der Waals surface area (Å²) in [6.07, 6.45) is 0. The van der Waals surface area contributed by atoms with Gasteiger partial charge in [0.05, 0.1) is 0 Å². The Morgan fingerprint density at radius 3 is 1.55 bits per heavy atom. The van der Waals surface area contributed by atoms with Crippen LogP contribution in [0.1, 0.15) is 26.3 Å². The summed E-state index contributed by atoms with van der Waals surface area (Å²) in [6.45, 7) is 6.82. The van der Waals surface area contributed by atoms with E-state index in [0.29, 0.717) is 0 Å². The third-order valence-electron chi connectivity index (χ3n) is 9.41. The molecule has 0 aromatic heterocycles. The fraction of sp³-hybridized carbons (Fsp3) is 0.100. The second-order valence-corrected chi connectivity index (χ2v) is 20.9. The molecule has 0 radical (unpaired) electrons. The summed E-state index contributed by atoms with van der Waals surface area (Å²) in [5.41, 5.74) is 5.07. The fourth-order valence-electron chi connectivity index (χ4n) is 7.30. The molecule has 3 aliphatic heterocycles. The summed E-state index contributed by atoms with van der Waals surface area (Å²) < 4.78 is 18.4. The van der Waals surface area contributed by atoms with Crippen LogP contribution in [0.25, 0.3) is 32.3 Å². The Morgan fingerprint density at radius 2 is 1.00 bits per heavy atom. The van der Waals surface area contributed by atoms with Gasteiger partial charge in [-0.25, -0.2) is 0 Å². The molecule has 10 rings (SSSR count). The molecule has 7 aromatic carbocycles. The summed E-state index contributed by atoms with van der Waals surface area (Å²) in [5, 5.41) is 7.07. The van der Waals surface area contributed by atoms with Crippen molar-refractivity contribution in [2.45, 2.75) is 26.2 Å². The number of nitrogens with zero attached hydrogens (tertiary/aromatic N) is 1. The summed E-state index contributed by atoms with van der Waals surface area (Å²) in [4.78, 5) is 2.48. The number of fused-ring (bicyclic) bond motifs is 6. The number of hydrogen-bond acceptors (Lipinski definition) is 3. The molecule has 0 amide bonds. The van der Waals surface area contributed by atoms with Crippen LogP contribution < -0.4 is 24.2 Å². The average molecular weight is 764 g/mol. The summed E-state index contributed by atoms with van der Waals surface area (Å²) in [7, 11) is 0. The molecule has 7 aromatic rings. The van der Waals surface area contributed by atoms with Crippen LogP contribution in [0.3, 0.4) is 0 Å². The Morgan fingerprint density at radius 1 is 0.523 bits per heavy atom. The molecular formula is C40H28BiNO2. The predicted molar refractivity (Wildman–Crippen MR) is 184 cm³/mol. The van der Waals surface area contributed by atoms with Crippen molar-refractivity contribution in [3.05, 3.63) is 121 Å². The van der Waals surface area contributed by atoms with E-state index in [1.165, 1.54) is 48.3 Å². The van der Waals surface area contributed by atoms with Gasteiger partial charge in [-0.15, -0.1) is 0 Å². The summed E-state index contributed by atoms with van der Waals surface area (Å²) in [5.74, 6) is 4.04. The molecule has 0 N–H and O–H groups in total. The Kier molecular flexibility index (Phi) is 4.89. The molecule has 0 spiro atoms. The van der Waals surface area contributed by atoms with Crippen LogP contribution in [0.15, 0.2) is 115 Å². The zero-order valence-corrected chi connectivity index (χ0v) is 28.2. The van der Waals surface area contributed by atoms with E-state index in [1.54, 1.807) is 0 Å².